The summed E-state index contributed by atoms with van der Waals surface area (Å²) in [5.74, 6) is 1.04. The molecule has 0 aliphatic rings. The number of rotatable bonds is 12. The molecular weight excluding hydrogens is 338 g/mol. The fourth-order valence-corrected chi connectivity index (χ4v) is 2.68. The molecule has 0 bridgehead atoms. The number of hydrogen-bond acceptors (Lipinski definition) is 3. The maximum Gasteiger partial charge on any atom is 0.258 e. The molecule has 0 fully saturated rings. The van der Waals surface area contributed by atoms with Gasteiger partial charge in [0.05, 0.1) is 13.2 Å². The quantitative estimate of drug-likeness (QED) is 0.535. The third-order valence-corrected chi connectivity index (χ3v) is 4.27. The van der Waals surface area contributed by atoms with Crippen LogP contribution in [0.1, 0.15) is 55.5 Å². The summed E-state index contributed by atoms with van der Waals surface area (Å²) in [6, 6.07) is 15.7. The first-order valence-corrected chi connectivity index (χ1v) is 9.97. The first-order valence-electron chi connectivity index (χ1n) is 9.97. The van der Waals surface area contributed by atoms with Gasteiger partial charge in [-0.15, -0.1) is 0 Å². The second kappa shape index (κ2) is 12.0. The minimum atomic E-state index is -0.149. The number of amides is 1. The van der Waals surface area contributed by atoms with Crippen LogP contribution in [-0.4, -0.2) is 25.7 Å². The van der Waals surface area contributed by atoms with E-state index in [9.17, 15) is 4.79 Å². The van der Waals surface area contributed by atoms with Gasteiger partial charge < -0.3 is 14.8 Å². The molecule has 2 aromatic rings. The van der Waals surface area contributed by atoms with E-state index in [2.05, 4.69) is 31.3 Å². The molecule has 0 unspecified atom stereocenters. The normalized spacial score (nSPS) is 10.4. The molecule has 0 aliphatic heterocycles. The van der Waals surface area contributed by atoms with Crippen molar-refractivity contribution < 1.29 is 14.3 Å². The molecule has 4 heteroatoms. The number of hydrogen-bond donors (Lipinski definition) is 1. The molecule has 0 aromatic heterocycles. The average Bonchev–Trinajstić information content (AvgIpc) is 2.69. The van der Waals surface area contributed by atoms with Crippen molar-refractivity contribution in [1.29, 1.82) is 0 Å². The molecular formula is C23H31NO3. The van der Waals surface area contributed by atoms with Crippen LogP contribution in [0.25, 0.3) is 0 Å². The number of unbranched alkanes of at least 4 members (excludes halogenated alkanes) is 2. The highest BCUT2D eigenvalue weighted by Crippen LogP contribution is 2.29. The average molecular weight is 370 g/mol. The van der Waals surface area contributed by atoms with E-state index >= 15 is 0 Å². The SMILES string of the molecule is CCCCOc1cccc(OCCCC)c1C(=O)NCCc1ccccc1. The van der Waals surface area contributed by atoms with Gasteiger partial charge in [0.25, 0.3) is 5.91 Å². The molecule has 146 valence electrons. The van der Waals surface area contributed by atoms with E-state index in [-0.39, 0.29) is 5.91 Å². The number of carbonyl (C=O) groups is 1. The molecule has 0 aliphatic carbocycles. The minimum Gasteiger partial charge on any atom is -0.493 e. The number of nitrogens with one attached hydrogen (secondary N) is 1. The van der Waals surface area contributed by atoms with E-state index in [1.54, 1.807) is 0 Å². The minimum absolute atomic E-state index is 0.149. The lowest BCUT2D eigenvalue weighted by molar-refractivity contribution is 0.0945. The maximum absolute atomic E-state index is 12.9. The zero-order valence-corrected chi connectivity index (χ0v) is 16.5. The lowest BCUT2D eigenvalue weighted by Gasteiger charge is -2.16. The van der Waals surface area contributed by atoms with Gasteiger partial charge in [0.1, 0.15) is 17.1 Å². The Morgan fingerprint density at radius 2 is 1.44 bits per heavy atom. The standard InChI is InChI=1S/C23H31NO3/c1-3-5-17-26-20-13-10-14-21(27-18-6-4-2)22(20)23(25)24-16-15-19-11-8-7-9-12-19/h7-14H,3-6,15-18H2,1-2H3,(H,24,25). The molecule has 2 rings (SSSR count). The Balaban J connectivity index is 2.07. The van der Waals surface area contributed by atoms with Crippen LogP contribution in [0.2, 0.25) is 0 Å². The van der Waals surface area contributed by atoms with Crippen LogP contribution in [0.5, 0.6) is 11.5 Å². The Bertz CT molecular complexity index is 657. The highest BCUT2D eigenvalue weighted by molar-refractivity contribution is 5.99. The van der Waals surface area contributed by atoms with Crippen molar-refractivity contribution in [2.45, 2.75) is 46.0 Å². The molecule has 0 heterocycles. The smallest absolute Gasteiger partial charge is 0.258 e. The van der Waals surface area contributed by atoms with Crippen LogP contribution in [0, 0.1) is 0 Å². The van der Waals surface area contributed by atoms with Gasteiger partial charge in [-0.1, -0.05) is 63.1 Å². The van der Waals surface area contributed by atoms with E-state index in [0.717, 1.165) is 32.1 Å². The number of benzene rings is 2. The predicted octanol–water partition coefficient (Wildman–Crippen LogP) is 5.02. The summed E-state index contributed by atoms with van der Waals surface area (Å²) in [6.07, 6.45) is 4.79. The molecule has 0 spiro atoms. The van der Waals surface area contributed by atoms with Crippen molar-refractivity contribution in [2.75, 3.05) is 19.8 Å². The summed E-state index contributed by atoms with van der Waals surface area (Å²) in [5.41, 5.74) is 1.70. The van der Waals surface area contributed by atoms with Gasteiger partial charge in [-0.2, -0.15) is 0 Å². The van der Waals surface area contributed by atoms with Crippen LogP contribution in [0.15, 0.2) is 48.5 Å². The summed E-state index contributed by atoms with van der Waals surface area (Å²) in [5, 5.41) is 3.01. The third-order valence-electron chi connectivity index (χ3n) is 4.27. The van der Waals surface area contributed by atoms with Gasteiger partial charge in [-0.25, -0.2) is 0 Å². The summed E-state index contributed by atoms with van der Waals surface area (Å²) >= 11 is 0. The lowest BCUT2D eigenvalue weighted by Crippen LogP contribution is -2.27. The molecule has 0 saturated carbocycles. The van der Waals surface area contributed by atoms with Crippen LogP contribution in [0.4, 0.5) is 0 Å². The van der Waals surface area contributed by atoms with E-state index in [1.165, 1.54) is 5.56 Å². The monoisotopic (exact) mass is 369 g/mol. The van der Waals surface area contributed by atoms with Crippen LogP contribution >= 0.6 is 0 Å². The molecule has 0 saturated heterocycles. The largest absolute Gasteiger partial charge is 0.493 e. The first-order chi connectivity index (χ1) is 13.3. The maximum atomic E-state index is 12.9. The Labute approximate surface area is 162 Å². The Morgan fingerprint density at radius 3 is 2.00 bits per heavy atom. The molecule has 27 heavy (non-hydrogen) atoms. The van der Waals surface area contributed by atoms with E-state index in [1.807, 2.05) is 36.4 Å². The van der Waals surface area contributed by atoms with Crippen molar-refractivity contribution in [1.82, 2.24) is 5.32 Å². The van der Waals surface area contributed by atoms with Crippen molar-refractivity contribution in [3.05, 3.63) is 59.7 Å². The third kappa shape index (κ3) is 6.97. The van der Waals surface area contributed by atoms with Gasteiger partial charge in [-0.3, -0.25) is 4.79 Å². The molecule has 1 amide bonds. The Kier molecular flexibility index (Phi) is 9.25. The summed E-state index contributed by atoms with van der Waals surface area (Å²) in [7, 11) is 0. The van der Waals surface area contributed by atoms with E-state index < -0.39 is 0 Å². The van der Waals surface area contributed by atoms with Gasteiger partial charge in [0, 0.05) is 6.54 Å². The fourth-order valence-electron chi connectivity index (χ4n) is 2.68. The first kappa shape index (κ1) is 20.8. The highest BCUT2D eigenvalue weighted by Gasteiger charge is 2.18. The van der Waals surface area contributed by atoms with Crippen LogP contribution < -0.4 is 14.8 Å². The summed E-state index contributed by atoms with van der Waals surface area (Å²) in [4.78, 5) is 12.9. The van der Waals surface area contributed by atoms with Gasteiger partial charge in [-0.05, 0) is 37.0 Å². The Hall–Kier alpha value is -2.49. The highest BCUT2D eigenvalue weighted by atomic mass is 16.5. The molecule has 0 atom stereocenters. The van der Waals surface area contributed by atoms with Crippen molar-refractivity contribution >= 4 is 5.91 Å². The van der Waals surface area contributed by atoms with Crippen molar-refractivity contribution in [3.63, 3.8) is 0 Å². The lowest BCUT2D eigenvalue weighted by atomic mass is 10.1. The van der Waals surface area contributed by atoms with Gasteiger partial charge in [0.15, 0.2) is 0 Å². The second-order valence-electron chi connectivity index (χ2n) is 6.52. The zero-order chi connectivity index (χ0) is 19.3. The second-order valence-corrected chi connectivity index (χ2v) is 6.52. The van der Waals surface area contributed by atoms with Gasteiger partial charge >= 0.3 is 0 Å². The fraction of sp³-hybridized carbons (Fsp3) is 0.435. The molecule has 2 aromatic carbocycles. The van der Waals surface area contributed by atoms with Gasteiger partial charge in [0.2, 0.25) is 0 Å². The molecule has 0 radical (unpaired) electrons. The zero-order valence-electron chi connectivity index (χ0n) is 16.5. The van der Waals surface area contributed by atoms with E-state index in [0.29, 0.717) is 36.8 Å². The predicted molar refractivity (Wildman–Crippen MR) is 110 cm³/mol. The topological polar surface area (TPSA) is 47.6 Å². The van der Waals surface area contributed by atoms with Crippen molar-refractivity contribution in [3.8, 4) is 11.5 Å². The van der Waals surface area contributed by atoms with Crippen molar-refractivity contribution in [2.24, 2.45) is 0 Å². The summed E-state index contributed by atoms with van der Waals surface area (Å²) in [6.45, 7) is 5.99. The summed E-state index contributed by atoms with van der Waals surface area (Å²) < 4.78 is 11.7. The van der Waals surface area contributed by atoms with Crippen LogP contribution in [-0.2, 0) is 6.42 Å². The molecule has 4 nitrogen and oxygen atoms in total. The number of carbonyl (C=O) groups excluding carboxylic acids is 1. The number of ether oxygens (including phenoxy) is 2. The Morgan fingerprint density at radius 1 is 0.852 bits per heavy atom. The molecule has 1 N–H and O–H groups in total. The van der Waals surface area contributed by atoms with E-state index in [4.69, 9.17) is 9.47 Å². The van der Waals surface area contributed by atoms with Crippen LogP contribution in [0.3, 0.4) is 0 Å².